The molecule has 0 saturated carbocycles. The normalized spacial score (nSPS) is 13.0. The number of likely N-dealkylation sites (N-methyl/N-ethyl adjacent to an activating group) is 1. The molecule has 1 unspecified atom stereocenters. The van der Waals surface area contributed by atoms with E-state index in [2.05, 4.69) is 6.92 Å². The number of hydrogen-bond acceptors (Lipinski definition) is 3. The number of aliphatic carboxylic acids is 1. The quantitative estimate of drug-likeness (QED) is 0.362. The molecule has 0 aromatic carbocycles. The van der Waals surface area contributed by atoms with Crippen LogP contribution in [0.4, 0.5) is 0 Å². The number of hydrogen-bond donors (Lipinski definition) is 1. The Morgan fingerprint density at radius 3 is 2.30 bits per heavy atom. The number of nitrogens with zero attached hydrogens (tertiary/aromatic N) is 1. The molecule has 1 atom stereocenters. The zero-order valence-electron chi connectivity index (χ0n) is 13.4. The van der Waals surface area contributed by atoms with Crippen LogP contribution in [-0.4, -0.2) is 54.4 Å². The Labute approximate surface area is 128 Å². The maximum Gasteiger partial charge on any atom is 0.307 e. The van der Waals surface area contributed by atoms with Crippen LogP contribution in [0.5, 0.6) is 0 Å². The molecule has 5 heteroatoms. The monoisotopic (exact) mass is 304 g/mol. The average molecular weight is 304 g/mol. The lowest BCUT2D eigenvalue weighted by Gasteiger charge is -2.29. The summed E-state index contributed by atoms with van der Waals surface area (Å²) in [5.74, 6) is -0.839. The number of rotatable bonds is 11. The summed E-state index contributed by atoms with van der Waals surface area (Å²) in [4.78, 5) is 10.9. The van der Waals surface area contributed by atoms with Gasteiger partial charge in [0.25, 0.3) is 0 Å². The second kappa shape index (κ2) is 10.1. The fourth-order valence-corrected chi connectivity index (χ4v) is 2.35. The minimum absolute atomic E-state index is 0.00545. The molecule has 0 aliphatic carbocycles. The number of quaternary nitrogens is 1. The van der Waals surface area contributed by atoms with Gasteiger partial charge >= 0.3 is 5.97 Å². The molecule has 20 heavy (non-hydrogen) atoms. The third-order valence-corrected chi connectivity index (χ3v) is 3.24. The highest BCUT2D eigenvalue weighted by Gasteiger charge is 2.23. The summed E-state index contributed by atoms with van der Waals surface area (Å²) in [6, 6.07) is 0. The van der Waals surface area contributed by atoms with Crippen LogP contribution in [0, 0.1) is 0 Å². The molecule has 0 saturated heterocycles. The van der Waals surface area contributed by atoms with Gasteiger partial charge in [0.15, 0.2) is 11.2 Å². The molecule has 4 nitrogen and oxygen atoms in total. The van der Waals surface area contributed by atoms with Crippen molar-refractivity contribution in [2.45, 2.75) is 58.0 Å². The summed E-state index contributed by atoms with van der Waals surface area (Å²) in [7, 11) is 6.06. The van der Waals surface area contributed by atoms with Gasteiger partial charge in [-0.1, -0.05) is 32.6 Å². The van der Waals surface area contributed by atoms with Crippen molar-refractivity contribution in [3.8, 4) is 0 Å². The Hall–Kier alpha value is -0.680. The van der Waals surface area contributed by atoms with Gasteiger partial charge in [-0.2, -0.15) is 0 Å². The number of unbranched alkanes of at least 4 members (excludes halogenated alkanes) is 4. The molecule has 0 bridgehead atoms. The van der Waals surface area contributed by atoms with E-state index in [0.29, 0.717) is 16.1 Å². The molecule has 0 aliphatic rings. The van der Waals surface area contributed by atoms with E-state index in [9.17, 15) is 4.79 Å². The van der Waals surface area contributed by atoms with E-state index in [-0.39, 0.29) is 12.5 Å². The van der Waals surface area contributed by atoms with Crippen LogP contribution in [0.25, 0.3) is 0 Å². The fourth-order valence-electron chi connectivity index (χ4n) is 2.07. The van der Waals surface area contributed by atoms with E-state index >= 15 is 0 Å². The van der Waals surface area contributed by atoms with Crippen molar-refractivity contribution in [1.82, 2.24) is 0 Å². The van der Waals surface area contributed by atoms with E-state index in [0.717, 1.165) is 19.3 Å². The van der Waals surface area contributed by atoms with Crippen LogP contribution in [0.15, 0.2) is 0 Å². The Morgan fingerprint density at radius 1 is 1.20 bits per heavy atom. The second-order valence-corrected chi connectivity index (χ2v) is 6.80. The molecule has 0 aromatic heterocycles. The molecule has 0 fully saturated rings. The first-order valence-electron chi connectivity index (χ1n) is 7.46. The minimum Gasteiger partial charge on any atom is -0.481 e. The highest BCUT2D eigenvalue weighted by Crippen LogP contribution is 2.11. The largest absolute Gasteiger partial charge is 0.481 e. The first-order chi connectivity index (χ1) is 9.24. The summed E-state index contributed by atoms with van der Waals surface area (Å²) in [6.07, 6.45) is 6.34. The van der Waals surface area contributed by atoms with E-state index < -0.39 is 5.97 Å². The van der Waals surface area contributed by atoms with Gasteiger partial charge in [0.05, 0.1) is 27.6 Å². The number of carboxylic acid groups (broad SMARTS) is 1. The van der Waals surface area contributed by atoms with Gasteiger partial charge in [0.2, 0.25) is 0 Å². The summed E-state index contributed by atoms with van der Waals surface area (Å²) < 4.78 is 6.34. The molecule has 118 valence electrons. The van der Waals surface area contributed by atoms with Crippen LogP contribution >= 0.6 is 12.2 Å². The molecular weight excluding hydrogens is 274 g/mol. The van der Waals surface area contributed by atoms with Gasteiger partial charge in [-0.05, 0) is 18.6 Å². The second-order valence-electron chi connectivity index (χ2n) is 6.35. The van der Waals surface area contributed by atoms with Gasteiger partial charge in [-0.3, -0.25) is 4.79 Å². The summed E-state index contributed by atoms with van der Waals surface area (Å²) in [5, 5.41) is 9.49. The maximum atomic E-state index is 10.9. The van der Waals surface area contributed by atoms with Crippen LogP contribution in [0.1, 0.15) is 51.9 Å². The molecule has 0 aromatic rings. The number of carbonyl (C=O) groups is 1. The average Bonchev–Trinajstić information content (AvgIpc) is 2.25. The molecular formula is C15H30NO3S+. The van der Waals surface area contributed by atoms with Gasteiger partial charge < -0.3 is 14.3 Å². The minimum atomic E-state index is -0.839. The summed E-state index contributed by atoms with van der Waals surface area (Å²) in [6.45, 7) is 2.83. The van der Waals surface area contributed by atoms with Crippen LogP contribution in [0.3, 0.4) is 0 Å². The zero-order chi connectivity index (χ0) is 15.6. The van der Waals surface area contributed by atoms with Gasteiger partial charge in [-0.25, -0.2) is 0 Å². The van der Waals surface area contributed by atoms with Crippen molar-refractivity contribution in [3.05, 3.63) is 0 Å². The Bertz CT molecular complexity index is 300. The van der Waals surface area contributed by atoms with Crippen molar-refractivity contribution >= 4 is 23.2 Å². The predicted molar refractivity (Wildman–Crippen MR) is 86.0 cm³/mol. The van der Waals surface area contributed by atoms with E-state index in [1.54, 1.807) is 0 Å². The lowest BCUT2D eigenvalue weighted by molar-refractivity contribution is -0.873. The van der Waals surface area contributed by atoms with Crippen molar-refractivity contribution in [3.63, 3.8) is 0 Å². The molecule has 1 N–H and O–H groups in total. The highest BCUT2D eigenvalue weighted by molar-refractivity contribution is 7.80. The molecule has 0 aliphatic heterocycles. The van der Waals surface area contributed by atoms with Crippen molar-refractivity contribution in [1.29, 1.82) is 0 Å². The third-order valence-electron chi connectivity index (χ3n) is 2.94. The number of thiocarbonyl (C=S) groups is 1. The van der Waals surface area contributed by atoms with E-state index in [1.165, 1.54) is 19.3 Å². The molecule has 0 spiro atoms. The lowest BCUT2D eigenvalue weighted by atomic mass is 10.1. The van der Waals surface area contributed by atoms with E-state index in [4.69, 9.17) is 22.1 Å². The highest BCUT2D eigenvalue weighted by atomic mass is 32.1. The predicted octanol–water partition coefficient (Wildman–Crippen LogP) is 3.24. The molecule has 0 heterocycles. The topological polar surface area (TPSA) is 46.5 Å². The van der Waals surface area contributed by atoms with E-state index in [1.807, 2.05) is 21.1 Å². The molecule has 0 rings (SSSR count). The standard InChI is InChI=1S/C15H29NO3S/c1-5-6-7-8-9-10-15(20)19-13(11-14(17)18)12-16(2,3)4/h13H,5-12H2,1-4H3/p+1. The first-order valence-corrected chi connectivity index (χ1v) is 7.87. The zero-order valence-corrected chi connectivity index (χ0v) is 14.2. The SMILES string of the molecule is CCCCCCCC(=S)OC(CC(=O)O)C[N+](C)(C)C. The van der Waals surface area contributed by atoms with Crippen molar-refractivity contribution < 1.29 is 19.1 Å². The lowest BCUT2D eigenvalue weighted by Crippen LogP contribution is -2.43. The van der Waals surface area contributed by atoms with Crippen LogP contribution < -0.4 is 0 Å². The van der Waals surface area contributed by atoms with Gasteiger partial charge in [0, 0.05) is 6.42 Å². The molecule has 0 amide bonds. The Kier molecular flexibility index (Phi) is 9.76. The van der Waals surface area contributed by atoms with Gasteiger partial charge in [0.1, 0.15) is 6.54 Å². The first kappa shape index (κ1) is 19.3. The van der Waals surface area contributed by atoms with Crippen molar-refractivity contribution in [2.75, 3.05) is 27.7 Å². The third kappa shape index (κ3) is 12.4. The summed E-state index contributed by atoms with van der Waals surface area (Å²) in [5.41, 5.74) is 0. The fraction of sp³-hybridized carbons (Fsp3) is 0.867. The van der Waals surface area contributed by atoms with Crippen LogP contribution in [-0.2, 0) is 9.53 Å². The Morgan fingerprint density at radius 2 is 1.80 bits per heavy atom. The number of carboxylic acids is 1. The Balaban J connectivity index is 4.08. The van der Waals surface area contributed by atoms with Gasteiger partial charge in [-0.15, -0.1) is 0 Å². The van der Waals surface area contributed by atoms with Crippen molar-refractivity contribution in [2.24, 2.45) is 0 Å². The summed E-state index contributed by atoms with van der Waals surface area (Å²) >= 11 is 5.23. The van der Waals surface area contributed by atoms with Crippen LogP contribution in [0.2, 0.25) is 0 Å². The molecule has 0 radical (unpaired) electrons. The smallest absolute Gasteiger partial charge is 0.307 e. The maximum absolute atomic E-state index is 10.9. The number of ether oxygens (including phenoxy) is 1.